The maximum absolute atomic E-state index is 11.7. The van der Waals surface area contributed by atoms with E-state index in [-0.39, 0.29) is 45.1 Å². The second kappa shape index (κ2) is 12.7. The maximum Gasteiger partial charge on any atom is 0.339 e. The Morgan fingerprint density at radius 2 is 1.15 bits per heavy atom. The van der Waals surface area contributed by atoms with Gasteiger partial charge in [-0.3, -0.25) is 4.98 Å². The smallest absolute Gasteiger partial charge is 0.339 e. The molecule has 0 saturated carbocycles. The van der Waals surface area contributed by atoms with Gasteiger partial charge in [-0.15, -0.1) is 0 Å². The van der Waals surface area contributed by atoms with Gasteiger partial charge in [0.1, 0.15) is 5.56 Å². The molecule has 0 spiro atoms. The van der Waals surface area contributed by atoms with E-state index >= 15 is 0 Å². The van der Waals surface area contributed by atoms with E-state index in [9.17, 15) is 29.7 Å². The summed E-state index contributed by atoms with van der Waals surface area (Å²) in [7, 11) is 0. The molecule has 0 atom stereocenters. The number of nitrogens with one attached hydrogen (secondary N) is 2. The molecule has 4 rings (SSSR count). The molecular weight excluding hydrogens is 506 g/mol. The van der Waals surface area contributed by atoms with Crippen molar-refractivity contribution in [1.29, 1.82) is 0 Å². The number of rotatable bonds is 8. The molecule has 0 aliphatic carbocycles. The zero-order chi connectivity index (χ0) is 28.5. The van der Waals surface area contributed by atoms with Crippen LogP contribution in [0.3, 0.4) is 0 Å². The summed E-state index contributed by atoms with van der Waals surface area (Å²) in [5.74, 6) is -3.97. The quantitative estimate of drug-likeness (QED) is 0.164. The average molecular weight is 532 g/mol. The van der Waals surface area contributed by atoms with Crippen LogP contribution in [0.2, 0.25) is 0 Å². The number of carbonyl (C=O) groups is 3. The Bertz CT molecular complexity index is 1410. The second-order valence-electron chi connectivity index (χ2n) is 8.06. The molecule has 11 nitrogen and oxygen atoms in total. The highest BCUT2D eigenvalue weighted by molar-refractivity contribution is 6.06. The molecule has 0 bridgehead atoms. The lowest BCUT2D eigenvalue weighted by Gasteiger charge is -2.18. The second-order valence-corrected chi connectivity index (χ2v) is 8.06. The number of benzene rings is 3. The van der Waals surface area contributed by atoms with E-state index < -0.39 is 24.5 Å². The summed E-state index contributed by atoms with van der Waals surface area (Å²) >= 11 is 0. The number of aromatic carboxylic acids is 3. The largest absolute Gasteiger partial charge is 0.505 e. The van der Waals surface area contributed by atoms with Crippen molar-refractivity contribution in [1.82, 2.24) is 4.98 Å². The van der Waals surface area contributed by atoms with Gasteiger partial charge in [-0.1, -0.05) is 36.4 Å². The molecule has 0 radical (unpaired) electrons. The summed E-state index contributed by atoms with van der Waals surface area (Å²) in [6, 6.07) is 20.5. The van der Waals surface area contributed by atoms with E-state index in [1.54, 1.807) is 48.5 Å². The number of aromatic hydroxyl groups is 1. The number of aliphatic hydroxyl groups is 1. The molecule has 0 fully saturated rings. The van der Waals surface area contributed by atoms with Crippen molar-refractivity contribution < 1.29 is 39.9 Å². The molecular formula is C28H25N3O8. The molecule has 4 aromatic rings. The minimum absolute atomic E-state index is 0.0303. The van der Waals surface area contributed by atoms with Crippen LogP contribution in [-0.4, -0.2) is 48.4 Å². The van der Waals surface area contributed by atoms with Gasteiger partial charge in [-0.05, 0) is 43.3 Å². The third-order valence-electron chi connectivity index (χ3n) is 5.45. The van der Waals surface area contributed by atoms with Gasteiger partial charge in [0.15, 0.2) is 5.75 Å². The van der Waals surface area contributed by atoms with E-state index in [1.807, 2.05) is 12.1 Å². The fourth-order valence-electron chi connectivity index (χ4n) is 3.54. The number of carboxylic acids is 3. The van der Waals surface area contributed by atoms with Crippen molar-refractivity contribution in [3.05, 3.63) is 107 Å². The van der Waals surface area contributed by atoms with Gasteiger partial charge < -0.3 is 36.2 Å². The fourth-order valence-corrected chi connectivity index (χ4v) is 3.54. The first-order valence-electron chi connectivity index (χ1n) is 11.4. The molecule has 3 aromatic carbocycles. The zero-order valence-corrected chi connectivity index (χ0v) is 20.6. The number of aromatic nitrogens is 1. The summed E-state index contributed by atoms with van der Waals surface area (Å²) in [5.41, 5.74) is 1.66. The van der Waals surface area contributed by atoms with Gasteiger partial charge in [0, 0.05) is 23.1 Å². The van der Waals surface area contributed by atoms with Gasteiger partial charge in [0.05, 0.1) is 34.8 Å². The number of carboxylic acid groups (broad SMARTS) is 3. The highest BCUT2D eigenvalue weighted by atomic mass is 16.4. The van der Waals surface area contributed by atoms with Crippen molar-refractivity contribution in [3.8, 4) is 5.75 Å². The molecule has 11 heteroatoms. The number of aliphatic hydroxyl groups excluding tert-OH is 1. The Hall–Kier alpha value is -5.42. The van der Waals surface area contributed by atoms with Gasteiger partial charge in [-0.25, -0.2) is 14.4 Å². The first-order valence-corrected chi connectivity index (χ1v) is 11.4. The van der Waals surface area contributed by atoms with Crippen LogP contribution in [0.15, 0.2) is 79.0 Å². The third kappa shape index (κ3) is 6.87. The topological polar surface area (TPSA) is 189 Å². The van der Waals surface area contributed by atoms with Crippen LogP contribution in [0.25, 0.3) is 0 Å². The Kier molecular flexibility index (Phi) is 9.17. The van der Waals surface area contributed by atoms with Crippen LogP contribution in [-0.2, 0) is 6.61 Å². The predicted octanol–water partition coefficient (Wildman–Crippen LogP) is 4.86. The normalized spacial score (nSPS) is 10.1. The minimum Gasteiger partial charge on any atom is -0.505 e. The third-order valence-corrected chi connectivity index (χ3v) is 5.45. The van der Waals surface area contributed by atoms with E-state index in [0.717, 1.165) is 0 Å². The van der Waals surface area contributed by atoms with E-state index in [4.69, 9.17) is 10.2 Å². The van der Waals surface area contributed by atoms with Crippen LogP contribution in [0.4, 0.5) is 22.7 Å². The van der Waals surface area contributed by atoms with Gasteiger partial charge >= 0.3 is 17.9 Å². The van der Waals surface area contributed by atoms with Crippen LogP contribution >= 0.6 is 0 Å². The molecule has 200 valence electrons. The lowest BCUT2D eigenvalue weighted by atomic mass is 10.0. The fraction of sp³-hybridized carbons (Fsp3) is 0.0714. The SMILES string of the molecule is Cc1ncc(CO)c(C(=O)O)c1O.O=C(O)c1ccc(C(=O)O)c(Nc2ccccc2)c1Nc1ccccc1. The van der Waals surface area contributed by atoms with Crippen LogP contribution < -0.4 is 10.6 Å². The number of aryl methyl sites for hydroxylation is 1. The summed E-state index contributed by atoms with van der Waals surface area (Å²) in [4.78, 5) is 37.7. The molecule has 0 saturated heterocycles. The molecule has 7 N–H and O–H groups in total. The van der Waals surface area contributed by atoms with Crippen molar-refractivity contribution in [2.24, 2.45) is 0 Å². The zero-order valence-electron chi connectivity index (χ0n) is 20.6. The summed E-state index contributed by atoms with van der Waals surface area (Å²) < 4.78 is 0. The maximum atomic E-state index is 11.7. The Morgan fingerprint density at radius 1 is 0.718 bits per heavy atom. The van der Waals surface area contributed by atoms with Gasteiger partial charge in [-0.2, -0.15) is 0 Å². The lowest BCUT2D eigenvalue weighted by Crippen LogP contribution is -2.11. The number of hydrogen-bond acceptors (Lipinski definition) is 8. The molecule has 0 aliphatic heterocycles. The standard InChI is InChI=1S/C20H16N2O4.C8H9NO4/c23-19(24)15-11-12-16(20(25)26)18(22-14-9-5-2-6-10-14)17(15)21-13-7-3-1-4-8-13;1-4-7(11)6(8(12)13)5(3-10)2-9-4/h1-12,21-22H,(H,23,24)(H,25,26);2,10-11H,3H2,1H3,(H,12,13). The summed E-state index contributed by atoms with van der Waals surface area (Å²) in [6.07, 6.45) is 1.23. The summed E-state index contributed by atoms with van der Waals surface area (Å²) in [6.45, 7) is 1.03. The summed E-state index contributed by atoms with van der Waals surface area (Å²) in [5, 5.41) is 52.0. The first kappa shape index (κ1) is 28.2. The van der Waals surface area contributed by atoms with Crippen molar-refractivity contribution in [2.75, 3.05) is 10.6 Å². The van der Waals surface area contributed by atoms with Crippen LogP contribution in [0, 0.1) is 6.92 Å². The predicted molar refractivity (Wildman–Crippen MR) is 143 cm³/mol. The van der Waals surface area contributed by atoms with Crippen molar-refractivity contribution >= 4 is 40.7 Å². The van der Waals surface area contributed by atoms with Crippen molar-refractivity contribution in [3.63, 3.8) is 0 Å². The van der Waals surface area contributed by atoms with Crippen molar-refractivity contribution in [2.45, 2.75) is 13.5 Å². The van der Waals surface area contributed by atoms with Crippen LogP contribution in [0.5, 0.6) is 5.75 Å². The molecule has 1 aromatic heterocycles. The van der Waals surface area contributed by atoms with E-state index in [1.165, 1.54) is 25.3 Å². The molecule has 0 amide bonds. The van der Waals surface area contributed by atoms with Gasteiger partial charge in [0.25, 0.3) is 0 Å². The minimum atomic E-state index is -1.27. The molecule has 0 unspecified atom stereocenters. The van der Waals surface area contributed by atoms with Gasteiger partial charge in [0.2, 0.25) is 0 Å². The number of pyridine rings is 1. The molecule has 39 heavy (non-hydrogen) atoms. The van der Waals surface area contributed by atoms with E-state index in [0.29, 0.717) is 11.4 Å². The highest BCUT2D eigenvalue weighted by Crippen LogP contribution is 2.35. The van der Waals surface area contributed by atoms with Crippen LogP contribution in [0.1, 0.15) is 42.3 Å². The van der Waals surface area contributed by atoms with E-state index in [2.05, 4.69) is 15.6 Å². The Morgan fingerprint density at radius 3 is 1.51 bits per heavy atom. The number of hydrogen-bond donors (Lipinski definition) is 7. The number of anilines is 4. The lowest BCUT2D eigenvalue weighted by molar-refractivity contribution is 0.0682. The first-order chi connectivity index (χ1) is 18.6. The average Bonchev–Trinajstić information content (AvgIpc) is 2.92. The number of para-hydroxylation sites is 2. The Labute approximate surface area is 222 Å². The number of nitrogens with zero attached hydrogens (tertiary/aromatic N) is 1. The molecule has 0 aliphatic rings. The highest BCUT2D eigenvalue weighted by Gasteiger charge is 2.22. The monoisotopic (exact) mass is 531 g/mol. The molecule has 1 heterocycles. The Balaban J connectivity index is 0.000000272.